The summed E-state index contributed by atoms with van der Waals surface area (Å²) >= 11 is 0. The van der Waals surface area contributed by atoms with E-state index in [1.165, 1.54) is 11.1 Å². The maximum Gasteiger partial charge on any atom is 0.193 e. The second-order valence-corrected chi connectivity index (χ2v) is 9.25. The highest BCUT2D eigenvalue weighted by Gasteiger charge is 2.18. The van der Waals surface area contributed by atoms with Crippen LogP contribution in [0.25, 0.3) is 0 Å². The lowest BCUT2D eigenvalue weighted by Gasteiger charge is -2.23. The third kappa shape index (κ3) is 9.03. The van der Waals surface area contributed by atoms with Crippen LogP contribution in [-0.2, 0) is 23.8 Å². The molecule has 1 rings (SSSR count). The van der Waals surface area contributed by atoms with Gasteiger partial charge in [0.15, 0.2) is 5.96 Å². The van der Waals surface area contributed by atoms with E-state index in [4.69, 9.17) is 0 Å². The summed E-state index contributed by atoms with van der Waals surface area (Å²) in [6, 6.07) is 8.71. The van der Waals surface area contributed by atoms with Crippen molar-refractivity contribution in [2.45, 2.75) is 52.3 Å². The minimum atomic E-state index is -0.866. The SMILES string of the molecule is CCNC(=NCCS(=O)C(C)(C)C)N(C)Cc1ccc(CC)cc1.I. The summed E-state index contributed by atoms with van der Waals surface area (Å²) in [4.78, 5) is 6.75. The standard InChI is InChI=1S/C19H33N3OS.HI/c1-7-16-9-11-17(12-10-16)15-22(6)18(20-8-2)21-13-14-24(23)19(3,4)5;/h9-12H,7-8,13-15H2,1-6H3,(H,20,21);1H. The number of guanidine groups is 1. The van der Waals surface area contributed by atoms with Crippen molar-refractivity contribution in [2.24, 2.45) is 4.99 Å². The summed E-state index contributed by atoms with van der Waals surface area (Å²) in [5, 5.41) is 3.31. The van der Waals surface area contributed by atoms with Crippen LogP contribution in [0.1, 0.15) is 45.7 Å². The highest BCUT2D eigenvalue weighted by atomic mass is 127. The number of hydrogen-bond acceptors (Lipinski definition) is 2. The molecule has 4 nitrogen and oxygen atoms in total. The highest BCUT2D eigenvalue weighted by Crippen LogP contribution is 2.11. The summed E-state index contributed by atoms with van der Waals surface area (Å²) in [5.74, 6) is 1.46. The normalized spacial score (nSPS) is 13.1. The summed E-state index contributed by atoms with van der Waals surface area (Å²) in [5.41, 5.74) is 2.62. The fraction of sp³-hybridized carbons (Fsp3) is 0.632. The number of aryl methyl sites for hydroxylation is 1. The number of rotatable bonds is 7. The van der Waals surface area contributed by atoms with E-state index < -0.39 is 10.8 Å². The fourth-order valence-electron chi connectivity index (χ4n) is 2.24. The van der Waals surface area contributed by atoms with Gasteiger partial charge in [0.2, 0.25) is 0 Å². The predicted molar refractivity (Wildman–Crippen MR) is 121 cm³/mol. The van der Waals surface area contributed by atoms with E-state index in [2.05, 4.69) is 53.3 Å². The molecule has 0 aliphatic rings. The Morgan fingerprint density at radius 3 is 2.20 bits per heavy atom. The van der Waals surface area contributed by atoms with E-state index in [1.807, 2.05) is 27.8 Å². The van der Waals surface area contributed by atoms with Crippen LogP contribution in [0.3, 0.4) is 0 Å². The molecule has 0 bridgehead atoms. The third-order valence-corrected chi connectivity index (χ3v) is 5.69. The van der Waals surface area contributed by atoms with Crippen LogP contribution < -0.4 is 5.32 Å². The molecule has 0 radical (unpaired) electrons. The van der Waals surface area contributed by atoms with Gasteiger partial charge in [-0.15, -0.1) is 24.0 Å². The Morgan fingerprint density at radius 1 is 1.16 bits per heavy atom. The Labute approximate surface area is 173 Å². The smallest absolute Gasteiger partial charge is 0.193 e. The number of hydrogen-bond donors (Lipinski definition) is 1. The number of benzene rings is 1. The van der Waals surface area contributed by atoms with Crippen LogP contribution >= 0.6 is 24.0 Å². The van der Waals surface area contributed by atoms with E-state index in [0.717, 1.165) is 25.5 Å². The van der Waals surface area contributed by atoms with E-state index in [-0.39, 0.29) is 28.7 Å². The molecule has 144 valence electrons. The zero-order valence-corrected chi connectivity index (χ0v) is 19.6. The first-order valence-corrected chi connectivity index (χ1v) is 10.1. The molecule has 0 fully saturated rings. The monoisotopic (exact) mass is 479 g/mol. The van der Waals surface area contributed by atoms with Gasteiger partial charge in [0.25, 0.3) is 0 Å². The van der Waals surface area contributed by atoms with Crippen LogP contribution in [0.4, 0.5) is 0 Å². The van der Waals surface area contributed by atoms with Gasteiger partial charge in [-0.25, -0.2) is 0 Å². The van der Waals surface area contributed by atoms with Crippen molar-refractivity contribution in [1.29, 1.82) is 0 Å². The molecule has 1 N–H and O–H groups in total. The molecular weight excluding hydrogens is 445 g/mol. The van der Waals surface area contributed by atoms with Gasteiger partial charge in [-0.2, -0.15) is 0 Å². The molecule has 0 saturated heterocycles. The van der Waals surface area contributed by atoms with E-state index in [1.54, 1.807) is 0 Å². The molecule has 6 heteroatoms. The molecule has 0 saturated carbocycles. The molecule has 0 aromatic heterocycles. The molecule has 25 heavy (non-hydrogen) atoms. The first kappa shape index (κ1) is 24.4. The van der Waals surface area contributed by atoms with Crippen molar-refractivity contribution in [3.05, 3.63) is 35.4 Å². The van der Waals surface area contributed by atoms with E-state index in [9.17, 15) is 4.21 Å². The van der Waals surface area contributed by atoms with Crippen LogP contribution in [0, 0.1) is 0 Å². The summed E-state index contributed by atoms with van der Waals surface area (Å²) in [6.45, 7) is 12.4. The Balaban J connectivity index is 0.00000576. The average molecular weight is 479 g/mol. The van der Waals surface area contributed by atoms with E-state index in [0.29, 0.717) is 12.3 Å². The lowest BCUT2D eigenvalue weighted by molar-refractivity contribution is 0.477. The summed E-state index contributed by atoms with van der Waals surface area (Å²) in [7, 11) is 1.17. The van der Waals surface area contributed by atoms with Crippen LogP contribution in [0.15, 0.2) is 29.3 Å². The Morgan fingerprint density at radius 2 is 1.72 bits per heavy atom. The van der Waals surface area contributed by atoms with Crippen molar-refractivity contribution in [3.63, 3.8) is 0 Å². The molecule has 1 atom stereocenters. The second kappa shape index (κ2) is 11.9. The molecular formula is C19H34IN3OS. The molecule has 1 aromatic rings. The van der Waals surface area contributed by atoms with Gasteiger partial charge in [0.05, 0.1) is 6.54 Å². The van der Waals surface area contributed by atoms with Crippen molar-refractivity contribution in [2.75, 3.05) is 25.9 Å². The Bertz CT molecular complexity index is 553. The quantitative estimate of drug-likeness (QED) is 0.368. The predicted octanol–water partition coefficient (Wildman–Crippen LogP) is 3.81. The summed E-state index contributed by atoms with van der Waals surface area (Å²) < 4.78 is 12.0. The molecule has 1 aromatic carbocycles. The molecule has 0 spiro atoms. The van der Waals surface area contributed by atoms with Crippen LogP contribution in [0.5, 0.6) is 0 Å². The van der Waals surface area contributed by atoms with Gasteiger partial charge in [0.1, 0.15) is 0 Å². The minimum absolute atomic E-state index is 0. The Kier molecular flexibility index (Phi) is 11.6. The average Bonchev–Trinajstić information content (AvgIpc) is 2.53. The molecule has 0 heterocycles. The van der Waals surface area contributed by atoms with Crippen LogP contribution in [0.2, 0.25) is 0 Å². The fourth-order valence-corrected chi connectivity index (χ4v) is 3.11. The Hall–Kier alpha value is -0.630. The molecule has 0 amide bonds. The van der Waals surface area contributed by atoms with Crippen molar-refractivity contribution in [3.8, 4) is 0 Å². The summed E-state index contributed by atoms with van der Waals surface area (Å²) in [6.07, 6.45) is 1.06. The zero-order chi connectivity index (χ0) is 18.2. The van der Waals surface area contributed by atoms with Crippen molar-refractivity contribution < 1.29 is 4.21 Å². The van der Waals surface area contributed by atoms with Crippen LogP contribution in [-0.4, -0.2) is 45.7 Å². The maximum atomic E-state index is 12.1. The lowest BCUT2D eigenvalue weighted by atomic mass is 10.1. The van der Waals surface area contributed by atoms with Gasteiger partial charge in [-0.1, -0.05) is 31.2 Å². The molecule has 0 aliphatic heterocycles. The zero-order valence-electron chi connectivity index (χ0n) is 16.5. The third-order valence-electron chi connectivity index (χ3n) is 3.77. The first-order valence-electron chi connectivity index (χ1n) is 8.73. The second-order valence-electron chi connectivity index (χ2n) is 6.92. The number of halogens is 1. The molecule has 1 unspecified atom stereocenters. The number of nitrogens with zero attached hydrogens (tertiary/aromatic N) is 2. The van der Waals surface area contributed by atoms with Gasteiger partial charge in [-0.05, 0) is 45.2 Å². The first-order chi connectivity index (χ1) is 11.3. The van der Waals surface area contributed by atoms with Gasteiger partial charge in [0, 0.05) is 41.4 Å². The van der Waals surface area contributed by atoms with Gasteiger partial charge >= 0.3 is 0 Å². The highest BCUT2D eigenvalue weighted by molar-refractivity contribution is 14.0. The minimum Gasteiger partial charge on any atom is -0.357 e. The van der Waals surface area contributed by atoms with Crippen molar-refractivity contribution >= 4 is 40.7 Å². The van der Waals surface area contributed by atoms with E-state index >= 15 is 0 Å². The van der Waals surface area contributed by atoms with Gasteiger partial charge < -0.3 is 10.2 Å². The molecule has 0 aliphatic carbocycles. The number of nitrogens with one attached hydrogen (secondary N) is 1. The largest absolute Gasteiger partial charge is 0.357 e. The maximum absolute atomic E-state index is 12.1. The lowest BCUT2D eigenvalue weighted by Crippen LogP contribution is -2.39. The number of aliphatic imine (C=N–C) groups is 1. The topological polar surface area (TPSA) is 44.7 Å². The van der Waals surface area contributed by atoms with Gasteiger partial charge in [-0.3, -0.25) is 9.20 Å². The van der Waals surface area contributed by atoms with Crippen molar-refractivity contribution in [1.82, 2.24) is 10.2 Å².